The van der Waals surface area contributed by atoms with E-state index in [1.54, 1.807) is 24.3 Å². The Hall–Kier alpha value is -4.85. The number of carbonyl (C=O) groups excluding carboxylic acids is 2. The molecule has 4 aromatic carbocycles. The van der Waals surface area contributed by atoms with E-state index in [0.29, 0.717) is 11.3 Å². The summed E-state index contributed by atoms with van der Waals surface area (Å²) in [5.74, 6) is -0.691. The third-order valence-corrected chi connectivity index (χ3v) is 5.05. The second kappa shape index (κ2) is 10.2. The van der Waals surface area contributed by atoms with E-state index in [9.17, 15) is 19.7 Å². The van der Waals surface area contributed by atoms with Crippen LogP contribution < -0.4 is 10.2 Å². The Labute approximate surface area is 194 Å². The van der Waals surface area contributed by atoms with Crippen LogP contribution in [0.1, 0.15) is 21.5 Å². The van der Waals surface area contributed by atoms with Crippen LogP contribution in [0.5, 0.6) is 5.75 Å². The van der Waals surface area contributed by atoms with Crippen LogP contribution in [-0.4, -0.2) is 23.0 Å². The number of ether oxygens (including phenoxy) is 1. The molecule has 168 valence electrons. The van der Waals surface area contributed by atoms with Gasteiger partial charge in [-0.05, 0) is 52.2 Å². The number of hydrazone groups is 1. The lowest BCUT2D eigenvalue weighted by Crippen LogP contribution is -2.18. The molecule has 0 radical (unpaired) electrons. The Morgan fingerprint density at radius 2 is 1.62 bits per heavy atom. The molecule has 0 unspecified atom stereocenters. The summed E-state index contributed by atoms with van der Waals surface area (Å²) in [5, 5.41) is 17.0. The minimum atomic E-state index is -0.692. The maximum atomic E-state index is 12.4. The van der Waals surface area contributed by atoms with Gasteiger partial charge in [0.2, 0.25) is 0 Å². The van der Waals surface area contributed by atoms with Crippen molar-refractivity contribution in [2.24, 2.45) is 5.10 Å². The van der Waals surface area contributed by atoms with Crippen molar-refractivity contribution < 1.29 is 19.2 Å². The number of nitro benzene ring substituents is 1. The molecule has 0 aliphatic carbocycles. The molecule has 0 atom stereocenters. The monoisotopic (exact) mass is 453 g/mol. The molecule has 0 bridgehead atoms. The van der Waals surface area contributed by atoms with Gasteiger partial charge in [0.25, 0.3) is 11.6 Å². The largest absolute Gasteiger partial charge is 0.426 e. The molecule has 0 saturated carbocycles. The number of benzene rings is 4. The normalized spacial score (nSPS) is 10.8. The summed E-state index contributed by atoms with van der Waals surface area (Å²) in [6.45, 7) is 0. The van der Waals surface area contributed by atoms with Crippen molar-refractivity contribution in [1.82, 2.24) is 5.43 Å². The Morgan fingerprint density at radius 1 is 0.912 bits per heavy atom. The number of nitro groups is 1. The van der Waals surface area contributed by atoms with Gasteiger partial charge in [0, 0.05) is 6.07 Å². The number of esters is 1. The van der Waals surface area contributed by atoms with Gasteiger partial charge in [0.05, 0.1) is 17.6 Å². The highest BCUT2D eigenvalue weighted by atomic mass is 16.6. The molecular formula is C26H19N3O5. The third kappa shape index (κ3) is 5.31. The summed E-state index contributed by atoms with van der Waals surface area (Å²) in [4.78, 5) is 35.0. The van der Waals surface area contributed by atoms with Crippen LogP contribution in [0.2, 0.25) is 0 Å². The highest BCUT2D eigenvalue weighted by molar-refractivity contribution is 5.98. The van der Waals surface area contributed by atoms with E-state index in [0.717, 1.165) is 16.3 Å². The van der Waals surface area contributed by atoms with E-state index in [1.165, 1.54) is 30.5 Å². The lowest BCUT2D eigenvalue weighted by atomic mass is 10.0. The topological polar surface area (TPSA) is 111 Å². The van der Waals surface area contributed by atoms with E-state index >= 15 is 0 Å². The van der Waals surface area contributed by atoms with E-state index in [1.807, 2.05) is 42.5 Å². The molecule has 0 aliphatic heterocycles. The number of nitrogens with one attached hydrogen (secondary N) is 1. The highest BCUT2D eigenvalue weighted by Gasteiger charge is 2.18. The summed E-state index contributed by atoms with van der Waals surface area (Å²) < 4.78 is 5.44. The third-order valence-electron chi connectivity index (χ3n) is 5.05. The molecule has 8 heteroatoms. The van der Waals surface area contributed by atoms with Gasteiger partial charge in [-0.3, -0.25) is 19.7 Å². The first-order valence-corrected chi connectivity index (χ1v) is 10.4. The molecule has 4 rings (SSSR count). The van der Waals surface area contributed by atoms with Crippen molar-refractivity contribution in [3.63, 3.8) is 0 Å². The number of fused-ring (bicyclic) bond motifs is 1. The Balaban J connectivity index is 1.35. The quantitative estimate of drug-likeness (QED) is 0.144. The number of hydrogen-bond donors (Lipinski definition) is 1. The molecule has 4 aromatic rings. The van der Waals surface area contributed by atoms with Crippen LogP contribution in [0.4, 0.5) is 5.69 Å². The number of carbonyl (C=O) groups is 2. The van der Waals surface area contributed by atoms with Gasteiger partial charge in [-0.25, -0.2) is 5.43 Å². The van der Waals surface area contributed by atoms with E-state index in [-0.39, 0.29) is 23.6 Å². The predicted molar refractivity (Wildman–Crippen MR) is 128 cm³/mol. The SMILES string of the molecule is O=C(Cc1cccc2ccccc12)Oc1ccc(/C=N/NC(=O)c2ccccc2[N+](=O)[O-])cc1. The van der Waals surface area contributed by atoms with Crippen molar-refractivity contribution in [2.45, 2.75) is 6.42 Å². The first-order chi connectivity index (χ1) is 16.5. The molecular weight excluding hydrogens is 434 g/mol. The standard InChI is InChI=1S/C26H19N3O5/c30-25(16-20-8-5-7-19-6-1-2-9-22(19)20)34-21-14-12-18(13-15-21)17-27-28-26(31)23-10-3-4-11-24(23)29(32)33/h1-15,17H,16H2,(H,28,31)/b27-17+. The number of nitrogens with zero attached hydrogens (tertiary/aromatic N) is 2. The van der Waals surface area contributed by atoms with Crippen molar-refractivity contribution in [3.8, 4) is 5.75 Å². The molecule has 0 aliphatic rings. The van der Waals surface area contributed by atoms with E-state index in [2.05, 4.69) is 10.5 Å². The summed E-state index contributed by atoms with van der Waals surface area (Å²) in [6.07, 6.45) is 1.52. The fourth-order valence-electron chi connectivity index (χ4n) is 3.44. The molecule has 0 heterocycles. The maximum absolute atomic E-state index is 12.4. The van der Waals surface area contributed by atoms with Gasteiger partial charge in [0.15, 0.2) is 0 Å². The lowest BCUT2D eigenvalue weighted by Gasteiger charge is -2.07. The molecule has 1 amide bonds. The molecule has 0 fully saturated rings. The van der Waals surface area contributed by atoms with Crippen LogP contribution in [0.15, 0.2) is 96.1 Å². The average Bonchev–Trinajstić information content (AvgIpc) is 2.85. The minimum absolute atomic E-state index is 0.0851. The Bertz CT molecular complexity index is 1390. The van der Waals surface area contributed by atoms with Gasteiger partial charge in [-0.2, -0.15) is 5.10 Å². The highest BCUT2D eigenvalue weighted by Crippen LogP contribution is 2.20. The van der Waals surface area contributed by atoms with E-state index < -0.39 is 10.8 Å². The van der Waals surface area contributed by atoms with Crippen LogP contribution in [0, 0.1) is 10.1 Å². The second-order valence-corrected chi connectivity index (χ2v) is 7.33. The summed E-state index contributed by atoms with van der Waals surface area (Å²) in [6, 6.07) is 25.8. The lowest BCUT2D eigenvalue weighted by molar-refractivity contribution is -0.385. The predicted octanol–water partition coefficient (Wildman–Crippen LogP) is 4.66. The Morgan fingerprint density at radius 3 is 2.41 bits per heavy atom. The van der Waals surface area contributed by atoms with Crippen LogP contribution >= 0.6 is 0 Å². The van der Waals surface area contributed by atoms with Crippen molar-refractivity contribution in [2.75, 3.05) is 0 Å². The summed E-state index contributed by atoms with van der Waals surface area (Å²) in [7, 11) is 0. The minimum Gasteiger partial charge on any atom is -0.426 e. The van der Waals surface area contributed by atoms with Crippen molar-refractivity contribution >= 4 is 34.6 Å². The smallest absolute Gasteiger partial charge is 0.315 e. The zero-order chi connectivity index (χ0) is 23.9. The zero-order valence-electron chi connectivity index (χ0n) is 17.9. The van der Waals surface area contributed by atoms with E-state index in [4.69, 9.17) is 4.74 Å². The van der Waals surface area contributed by atoms with Gasteiger partial charge in [-0.1, -0.05) is 54.6 Å². The number of para-hydroxylation sites is 1. The number of hydrogen-bond acceptors (Lipinski definition) is 6. The van der Waals surface area contributed by atoms with Gasteiger partial charge in [0.1, 0.15) is 11.3 Å². The molecule has 0 saturated heterocycles. The van der Waals surface area contributed by atoms with Gasteiger partial charge >= 0.3 is 5.97 Å². The van der Waals surface area contributed by atoms with Crippen LogP contribution in [-0.2, 0) is 11.2 Å². The van der Waals surface area contributed by atoms with Crippen molar-refractivity contribution in [1.29, 1.82) is 0 Å². The fraction of sp³-hybridized carbons (Fsp3) is 0.0385. The molecule has 8 nitrogen and oxygen atoms in total. The van der Waals surface area contributed by atoms with Gasteiger partial charge in [-0.15, -0.1) is 0 Å². The van der Waals surface area contributed by atoms with Gasteiger partial charge < -0.3 is 4.74 Å². The number of rotatable bonds is 7. The molecule has 0 aromatic heterocycles. The first kappa shape index (κ1) is 22.3. The van der Waals surface area contributed by atoms with Crippen LogP contribution in [0.25, 0.3) is 10.8 Å². The maximum Gasteiger partial charge on any atom is 0.315 e. The fourth-order valence-corrected chi connectivity index (χ4v) is 3.44. The second-order valence-electron chi connectivity index (χ2n) is 7.33. The average molecular weight is 453 g/mol. The molecule has 1 N–H and O–H groups in total. The zero-order valence-corrected chi connectivity index (χ0v) is 17.9. The van der Waals surface area contributed by atoms with Crippen molar-refractivity contribution in [3.05, 3.63) is 118 Å². The van der Waals surface area contributed by atoms with Crippen LogP contribution in [0.3, 0.4) is 0 Å². The summed E-state index contributed by atoms with van der Waals surface area (Å²) >= 11 is 0. The first-order valence-electron chi connectivity index (χ1n) is 10.4. The number of amides is 1. The molecule has 0 spiro atoms. The summed E-state index contributed by atoms with van der Waals surface area (Å²) in [5.41, 5.74) is 3.41. The Kier molecular flexibility index (Phi) is 6.69. The molecule has 34 heavy (non-hydrogen) atoms.